The van der Waals surface area contributed by atoms with E-state index in [1.807, 2.05) is 6.92 Å². The largest absolute Gasteiger partial charge is 0.207 e. The predicted octanol–water partition coefficient (Wildman–Crippen LogP) is 4.21. The molecular weight excluding hydrogens is 199 g/mol. The number of hydrogen-bond donors (Lipinski definition) is 0. The average Bonchev–Trinajstić information content (AvgIpc) is 2.24. The molecular formula is C15H21F. The van der Waals surface area contributed by atoms with Crippen LogP contribution in [0.1, 0.15) is 48.9 Å². The van der Waals surface area contributed by atoms with Crippen molar-refractivity contribution in [2.45, 2.75) is 52.9 Å². The number of hydrogen-bond acceptors (Lipinski definition) is 0. The minimum Gasteiger partial charge on any atom is -0.207 e. The van der Waals surface area contributed by atoms with Crippen molar-refractivity contribution in [3.63, 3.8) is 0 Å². The van der Waals surface area contributed by atoms with Gasteiger partial charge in [0.15, 0.2) is 0 Å². The fourth-order valence-electron chi connectivity index (χ4n) is 2.86. The molecule has 0 radical (unpaired) electrons. The first-order valence-corrected chi connectivity index (χ1v) is 6.43. The van der Waals surface area contributed by atoms with Gasteiger partial charge < -0.3 is 0 Å². The van der Waals surface area contributed by atoms with Crippen LogP contribution in [0.25, 0.3) is 0 Å². The molecule has 0 nitrogen and oxygen atoms in total. The molecule has 0 aromatic heterocycles. The maximum Gasteiger partial charge on any atom is 0.126 e. The van der Waals surface area contributed by atoms with E-state index in [9.17, 15) is 4.39 Å². The van der Waals surface area contributed by atoms with E-state index in [2.05, 4.69) is 13.8 Å². The van der Waals surface area contributed by atoms with E-state index in [-0.39, 0.29) is 5.82 Å². The van der Waals surface area contributed by atoms with Gasteiger partial charge in [-0.25, -0.2) is 4.39 Å². The van der Waals surface area contributed by atoms with E-state index in [0.29, 0.717) is 5.92 Å². The minimum atomic E-state index is -0.00343. The van der Waals surface area contributed by atoms with Crippen molar-refractivity contribution in [2.24, 2.45) is 5.92 Å². The molecule has 0 fully saturated rings. The third-order valence-corrected chi connectivity index (χ3v) is 3.82. The zero-order valence-corrected chi connectivity index (χ0v) is 10.6. The highest BCUT2D eigenvalue weighted by Gasteiger charge is 2.20. The molecule has 2 rings (SSSR count). The van der Waals surface area contributed by atoms with Crippen LogP contribution in [-0.4, -0.2) is 0 Å². The number of halogens is 1. The lowest BCUT2D eigenvalue weighted by Gasteiger charge is -2.25. The van der Waals surface area contributed by atoms with E-state index in [1.165, 1.54) is 23.1 Å². The third-order valence-electron chi connectivity index (χ3n) is 3.82. The summed E-state index contributed by atoms with van der Waals surface area (Å²) in [7, 11) is 0. The first-order valence-electron chi connectivity index (χ1n) is 6.43. The van der Waals surface area contributed by atoms with Gasteiger partial charge in [-0.15, -0.1) is 0 Å². The molecule has 0 saturated carbocycles. The Kier molecular flexibility index (Phi) is 3.32. The van der Waals surface area contributed by atoms with E-state index < -0.39 is 0 Å². The molecule has 0 amide bonds. The first-order chi connectivity index (χ1) is 7.63. The molecule has 88 valence electrons. The zero-order chi connectivity index (χ0) is 11.7. The van der Waals surface area contributed by atoms with Crippen LogP contribution in [0.3, 0.4) is 0 Å². The monoisotopic (exact) mass is 220 g/mol. The molecule has 0 N–H and O–H groups in total. The molecule has 0 spiro atoms. The molecule has 1 unspecified atom stereocenters. The summed E-state index contributed by atoms with van der Waals surface area (Å²) < 4.78 is 13.8. The molecule has 0 aliphatic heterocycles. The quantitative estimate of drug-likeness (QED) is 0.700. The molecule has 1 atom stereocenters. The van der Waals surface area contributed by atoms with Gasteiger partial charge in [-0.1, -0.05) is 20.3 Å². The lowest BCUT2D eigenvalue weighted by atomic mass is 9.80. The summed E-state index contributed by atoms with van der Waals surface area (Å²) in [5.41, 5.74) is 4.91. The molecule has 1 aromatic rings. The van der Waals surface area contributed by atoms with Gasteiger partial charge in [-0.2, -0.15) is 0 Å². The Morgan fingerprint density at radius 2 is 2.19 bits per heavy atom. The molecule has 1 aliphatic carbocycles. The van der Waals surface area contributed by atoms with Gasteiger partial charge >= 0.3 is 0 Å². The normalized spacial score (nSPS) is 19.6. The Morgan fingerprint density at radius 3 is 2.88 bits per heavy atom. The van der Waals surface area contributed by atoms with Crippen LogP contribution in [-0.2, 0) is 19.3 Å². The van der Waals surface area contributed by atoms with Crippen LogP contribution in [0.4, 0.5) is 4.39 Å². The molecule has 1 aromatic carbocycles. The van der Waals surface area contributed by atoms with E-state index in [1.54, 1.807) is 6.07 Å². The van der Waals surface area contributed by atoms with Crippen LogP contribution < -0.4 is 0 Å². The predicted molar refractivity (Wildman–Crippen MR) is 66.3 cm³/mol. The van der Waals surface area contributed by atoms with Gasteiger partial charge in [-0.3, -0.25) is 0 Å². The summed E-state index contributed by atoms with van der Waals surface area (Å²) in [5.74, 6) is 0.709. The highest BCUT2D eigenvalue weighted by molar-refractivity contribution is 5.43. The third kappa shape index (κ3) is 2.00. The summed E-state index contributed by atoms with van der Waals surface area (Å²) in [6.07, 6.45) is 5.59. The van der Waals surface area contributed by atoms with Gasteiger partial charge in [-0.05, 0) is 66.8 Å². The lowest BCUT2D eigenvalue weighted by Crippen LogP contribution is -2.15. The topological polar surface area (TPSA) is 0 Å². The summed E-state index contributed by atoms with van der Waals surface area (Å²) in [4.78, 5) is 0. The number of fused-ring (bicyclic) bond motifs is 1. The number of benzene rings is 1. The van der Waals surface area contributed by atoms with Crippen molar-refractivity contribution >= 4 is 0 Å². The van der Waals surface area contributed by atoms with Crippen molar-refractivity contribution in [1.82, 2.24) is 0 Å². The van der Waals surface area contributed by atoms with E-state index in [4.69, 9.17) is 0 Å². The number of rotatable bonds is 2. The van der Waals surface area contributed by atoms with Crippen LogP contribution in [0.15, 0.2) is 6.07 Å². The fraction of sp³-hybridized carbons (Fsp3) is 0.600. The maximum absolute atomic E-state index is 13.8. The fourth-order valence-corrected chi connectivity index (χ4v) is 2.86. The molecule has 16 heavy (non-hydrogen) atoms. The average molecular weight is 220 g/mol. The standard InChI is InChI=1S/C15H21F/c1-4-5-13-11(3)15(16)9-12-8-10(2)6-7-14(12)13/h9-10H,4-8H2,1-3H3. The van der Waals surface area contributed by atoms with Crippen molar-refractivity contribution in [1.29, 1.82) is 0 Å². The summed E-state index contributed by atoms with van der Waals surface area (Å²) >= 11 is 0. The van der Waals surface area contributed by atoms with Gasteiger partial charge in [0, 0.05) is 0 Å². The zero-order valence-electron chi connectivity index (χ0n) is 10.6. The Labute approximate surface area is 97.9 Å². The van der Waals surface area contributed by atoms with E-state index >= 15 is 0 Å². The van der Waals surface area contributed by atoms with Gasteiger partial charge in [0.2, 0.25) is 0 Å². The van der Waals surface area contributed by atoms with Crippen LogP contribution in [0.5, 0.6) is 0 Å². The van der Waals surface area contributed by atoms with Crippen molar-refractivity contribution < 1.29 is 4.39 Å². The van der Waals surface area contributed by atoms with Crippen molar-refractivity contribution in [3.8, 4) is 0 Å². The molecule has 0 saturated heterocycles. The molecule has 1 aliphatic rings. The summed E-state index contributed by atoms with van der Waals surface area (Å²) in [6, 6.07) is 1.78. The Bertz CT molecular complexity index is 393. The first kappa shape index (κ1) is 11.6. The Morgan fingerprint density at radius 1 is 1.44 bits per heavy atom. The molecule has 0 heterocycles. The lowest BCUT2D eigenvalue weighted by molar-refractivity contribution is 0.493. The highest BCUT2D eigenvalue weighted by atomic mass is 19.1. The second kappa shape index (κ2) is 4.57. The van der Waals surface area contributed by atoms with Crippen molar-refractivity contribution in [2.75, 3.05) is 0 Å². The van der Waals surface area contributed by atoms with Gasteiger partial charge in [0.25, 0.3) is 0 Å². The second-order valence-corrected chi connectivity index (χ2v) is 5.20. The minimum absolute atomic E-state index is 0.00343. The Balaban J connectivity index is 2.50. The second-order valence-electron chi connectivity index (χ2n) is 5.20. The maximum atomic E-state index is 13.8. The van der Waals surface area contributed by atoms with Gasteiger partial charge in [0.05, 0.1) is 0 Å². The SMILES string of the molecule is CCCc1c(C)c(F)cc2c1CCC(C)C2. The molecule has 0 bridgehead atoms. The molecule has 1 heteroatoms. The summed E-state index contributed by atoms with van der Waals surface area (Å²) in [6.45, 7) is 6.36. The van der Waals surface area contributed by atoms with E-state index in [0.717, 1.165) is 31.2 Å². The smallest absolute Gasteiger partial charge is 0.126 e. The van der Waals surface area contributed by atoms with Crippen LogP contribution in [0.2, 0.25) is 0 Å². The van der Waals surface area contributed by atoms with Crippen molar-refractivity contribution in [3.05, 3.63) is 34.1 Å². The highest BCUT2D eigenvalue weighted by Crippen LogP contribution is 2.31. The summed E-state index contributed by atoms with van der Waals surface area (Å²) in [5, 5.41) is 0. The van der Waals surface area contributed by atoms with Gasteiger partial charge in [0.1, 0.15) is 5.82 Å². The van der Waals surface area contributed by atoms with Crippen LogP contribution in [0, 0.1) is 18.7 Å². The Hall–Kier alpha value is -0.850. The van der Waals surface area contributed by atoms with Crippen LogP contribution >= 0.6 is 0 Å².